The Morgan fingerprint density at radius 3 is 2.32 bits per heavy atom. The lowest BCUT2D eigenvalue weighted by molar-refractivity contribution is 0.0777. The standard InChI is InChI=1S/C19H22FN3O3S.ClH/c1-19(12-21)10-11-23(13-19)18(24)14-2-6-16(7-3-14)22-27(25,26)17-8-4-15(20)5-9-17;/h2-9,22H,10-13,21H2,1H3;1H. The third-order valence-corrected chi connectivity index (χ3v) is 6.24. The molecule has 0 bridgehead atoms. The zero-order valence-corrected chi connectivity index (χ0v) is 17.0. The van der Waals surface area contributed by atoms with Gasteiger partial charge < -0.3 is 10.6 Å². The van der Waals surface area contributed by atoms with Crippen molar-refractivity contribution in [2.24, 2.45) is 11.1 Å². The normalized spacial score (nSPS) is 19.2. The van der Waals surface area contributed by atoms with Gasteiger partial charge in [-0.15, -0.1) is 12.4 Å². The highest BCUT2D eigenvalue weighted by Gasteiger charge is 2.35. The lowest BCUT2D eigenvalue weighted by Gasteiger charge is -2.22. The molecule has 3 N–H and O–H groups in total. The number of nitrogens with one attached hydrogen (secondary N) is 1. The highest BCUT2D eigenvalue weighted by Crippen LogP contribution is 2.29. The van der Waals surface area contributed by atoms with Gasteiger partial charge in [-0.1, -0.05) is 6.92 Å². The Kier molecular flexibility index (Phi) is 6.69. The minimum atomic E-state index is -3.82. The lowest BCUT2D eigenvalue weighted by Crippen LogP contribution is -2.34. The number of hydrogen-bond donors (Lipinski definition) is 2. The molecule has 2 aromatic carbocycles. The van der Waals surface area contributed by atoms with Gasteiger partial charge in [0.25, 0.3) is 15.9 Å². The number of rotatable bonds is 5. The number of sulfonamides is 1. The molecule has 1 fully saturated rings. The number of hydrogen-bond acceptors (Lipinski definition) is 4. The fourth-order valence-electron chi connectivity index (χ4n) is 3.05. The quantitative estimate of drug-likeness (QED) is 0.767. The molecule has 3 rings (SSSR count). The molecule has 1 aliphatic rings. The molecule has 1 atom stereocenters. The largest absolute Gasteiger partial charge is 0.338 e. The number of carbonyl (C=O) groups is 1. The molecule has 0 radical (unpaired) electrons. The summed E-state index contributed by atoms with van der Waals surface area (Å²) in [5.41, 5.74) is 6.54. The van der Waals surface area contributed by atoms with Crippen LogP contribution in [-0.4, -0.2) is 38.9 Å². The summed E-state index contributed by atoms with van der Waals surface area (Å²) in [6.45, 7) is 3.86. The van der Waals surface area contributed by atoms with E-state index in [9.17, 15) is 17.6 Å². The molecule has 6 nitrogen and oxygen atoms in total. The van der Waals surface area contributed by atoms with E-state index in [0.717, 1.165) is 18.6 Å². The zero-order chi connectivity index (χ0) is 19.7. The first-order valence-corrected chi connectivity index (χ1v) is 10.1. The zero-order valence-electron chi connectivity index (χ0n) is 15.4. The summed E-state index contributed by atoms with van der Waals surface area (Å²) in [4.78, 5) is 14.3. The Bertz CT molecular complexity index is 936. The van der Waals surface area contributed by atoms with Crippen LogP contribution in [0.3, 0.4) is 0 Å². The second-order valence-electron chi connectivity index (χ2n) is 7.13. The average molecular weight is 428 g/mol. The van der Waals surface area contributed by atoms with Gasteiger partial charge in [-0.3, -0.25) is 9.52 Å². The predicted molar refractivity (Wildman–Crippen MR) is 109 cm³/mol. The first-order chi connectivity index (χ1) is 12.7. The highest BCUT2D eigenvalue weighted by molar-refractivity contribution is 7.92. The number of nitrogens with zero attached hydrogens (tertiary/aromatic N) is 1. The molecule has 0 spiro atoms. The maximum Gasteiger partial charge on any atom is 0.261 e. The SMILES string of the molecule is CC1(CN)CCN(C(=O)c2ccc(NS(=O)(=O)c3ccc(F)cc3)cc2)C1.Cl. The van der Waals surface area contributed by atoms with E-state index in [1.807, 2.05) is 0 Å². The Labute approximate surface area is 170 Å². The van der Waals surface area contributed by atoms with Gasteiger partial charge in [0.1, 0.15) is 5.82 Å². The van der Waals surface area contributed by atoms with E-state index in [1.165, 1.54) is 24.3 Å². The van der Waals surface area contributed by atoms with Gasteiger partial charge in [0, 0.05) is 24.3 Å². The van der Waals surface area contributed by atoms with E-state index in [-0.39, 0.29) is 28.6 Å². The third kappa shape index (κ3) is 4.81. The van der Waals surface area contributed by atoms with Crippen molar-refractivity contribution in [1.82, 2.24) is 4.90 Å². The van der Waals surface area contributed by atoms with E-state index in [4.69, 9.17) is 5.73 Å². The number of nitrogens with two attached hydrogens (primary N) is 1. The number of amides is 1. The van der Waals surface area contributed by atoms with Crippen LogP contribution in [0.15, 0.2) is 53.4 Å². The van der Waals surface area contributed by atoms with Gasteiger partial charge in [0.15, 0.2) is 0 Å². The van der Waals surface area contributed by atoms with Crippen molar-refractivity contribution >= 4 is 34.0 Å². The summed E-state index contributed by atoms with van der Waals surface area (Å²) >= 11 is 0. The van der Waals surface area contributed by atoms with Crippen LogP contribution in [0.4, 0.5) is 10.1 Å². The van der Waals surface area contributed by atoms with Crippen LogP contribution in [0.1, 0.15) is 23.7 Å². The van der Waals surface area contributed by atoms with Crippen LogP contribution in [0.25, 0.3) is 0 Å². The minimum Gasteiger partial charge on any atom is -0.338 e. The molecule has 28 heavy (non-hydrogen) atoms. The van der Waals surface area contributed by atoms with Crippen molar-refractivity contribution in [3.8, 4) is 0 Å². The average Bonchev–Trinajstić information content (AvgIpc) is 3.05. The number of carbonyl (C=O) groups excluding carboxylic acids is 1. The van der Waals surface area contributed by atoms with Crippen molar-refractivity contribution in [3.05, 3.63) is 59.9 Å². The summed E-state index contributed by atoms with van der Waals surface area (Å²) in [6.07, 6.45) is 0.866. The van der Waals surface area contributed by atoms with E-state index >= 15 is 0 Å². The molecule has 0 saturated carbocycles. The van der Waals surface area contributed by atoms with E-state index in [2.05, 4.69) is 11.6 Å². The number of halogens is 2. The second-order valence-corrected chi connectivity index (χ2v) is 8.81. The molecule has 0 aliphatic carbocycles. The second kappa shape index (κ2) is 8.46. The van der Waals surface area contributed by atoms with E-state index in [1.54, 1.807) is 17.0 Å². The fraction of sp³-hybridized carbons (Fsp3) is 0.316. The number of anilines is 1. The molecule has 0 aromatic heterocycles. The molecule has 9 heteroatoms. The van der Waals surface area contributed by atoms with Gasteiger partial charge in [0.2, 0.25) is 0 Å². The summed E-state index contributed by atoms with van der Waals surface area (Å²) in [6, 6.07) is 10.8. The molecule has 152 valence electrons. The molecular weight excluding hydrogens is 405 g/mol. The Balaban J connectivity index is 0.00000280. The molecule has 1 saturated heterocycles. The molecule has 2 aromatic rings. The van der Waals surface area contributed by atoms with Gasteiger partial charge >= 0.3 is 0 Å². The summed E-state index contributed by atoms with van der Waals surface area (Å²) in [5, 5.41) is 0. The van der Waals surface area contributed by atoms with Crippen molar-refractivity contribution in [2.45, 2.75) is 18.2 Å². The Morgan fingerprint density at radius 2 is 1.79 bits per heavy atom. The summed E-state index contributed by atoms with van der Waals surface area (Å²) < 4.78 is 40.0. The van der Waals surface area contributed by atoms with Gasteiger partial charge in [0.05, 0.1) is 4.90 Å². The maximum absolute atomic E-state index is 13.0. The fourth-order valence-corrected chi connectivity index (χ4v) is 4.11. The molecule has 1 aliphatic heterocycles. The van der Waals surface area contributed by atoms with Crippen molar-refractivity contribution in [2.75, 3.05) is 24.4 Å². The van der Waals surface area contributed by atoms with Crippen molar-refractivity contribution < 1.29 is 17.6 Å². The molecule has 1 unspecified atom stereocenters. The van der Waals surface area contributed by atoms with E-state index < -0.39 is 15.8 Å². The van der Waals surface area contributed by atoms with Crippen LogP contribution < -0.4 is 10.5 Å². The van der Waals surface area contributed by atoms with Crippen LogP contribution >= 0.6 is 12.4 Å². The number of likely N-dealkylation sites (tertiary alicyclic amines) is 1. The minimum absolute atomic E-state index is 0. The van der Waals surface area contributed by atoms with E-state index in [0.29, 0.717) is 30.9 Å². The molecular formula is C19H23ClFN3O3S. The molecule has 1 amide bonds. The predicted octanol–water partition coefficient (Wildman–Crippen LogP) is 2.86. The Morgan fingerprint density at radius 1 is 1.18 bits per heavy atom. The third-order valence-electron chi connectivity index (χ3n) is 4.85. The van der Waals surface area contributed by atoms with Crippen LogP contribution in [0, 0.1) is 11.2 Å². The van der Waals surface area contributed by atoms with Crippen LogP contribution in [-0.2, 0) is 10.0 Å². The first-order valence-electron chi connectivity index (χ1n) is 8.60. The molecule has 1 heterocycles. The highest BCUT2D eigenvalue weighted by atomic mass is 35.5. The van der Waals surface area contributed by atoms with Crippen molar-refractivity contribution in [1.29, 1.82) is 0 Å². The summed E-state index contributed by atoms with van der Waals surface area (Å²) in [5.74, 6) is -0.607. The maximum atomic E-state index is 13.0. The first kappa shape index (κ1) is 22.1. The van der Waals surface area contributed by atoms with Gasteiger partial charge in [-0.25, -0.2) is 12.8 Å². The monoisotopic (exact) mass is 427 g/mol. The topological polar surface area (TPSA) is 92.5 Å². The van der Waals surface area contributed by atoms with Crippen LogP contribution in [0.5, 0.6) is 0 Å². The lowest BCUT2D eigenvalue weighted by atomic mass is 9.90. The van der Waals surface area contributed by atoms with Gasteiger partial charge in [-0.2, -0.15) is 0 Å². The van der Waals surface area contributed by atoms with Crippen LogP contribution in [0.2, 0.25) is 0 Å². The smallest absolute Gasteiger partial charge is 0.261 e. The number of benzene rings is 2. The van der Waals surface area contributed by atoms with Gasteiger partial charge in [-0.05, 0) is 66.9 Å². The summed E-state index contributed by atoms with van der Waals surface area (Å²) in [7, 11) is -3.82. The Hall–Kier alpha value is -2.16. The van der Waals surface area contributed by atoms with Crippen molar-refractivity contribution in [3.63, 3.8) is 0 Å².